The van der Waals surface area contributed by atoms with E-state index in [0.717, 1.165) is 0 Å². The van der Waals surface area contributed by atoms with E-state index in [1.807, 2.05) is 6.26 Å². The summed E-state index contributed by atoms with van der Waals surface area (Å²) < 4.78 is 22.5. The fourth-order valence-electron chi connectivity index (χ4n) is 0.726. The number of nitrogens with zero attached hydrogens (tertiary/aromatic N) is 1. The minimum Gasteiger partial charge on any atom is -0.247 e. The van der Waals surface area contributed by atoms with Crippen molar-refractivity contribution < 1.29 is 8.42 Å². The molecule has 0 aromatic heterocycles. The first-order valence-corrected chi connectivity index (χ1v) is 5.94. The summed E-state index contributed by atoms with van der Waals surface area (Å²) in [4.78, 5) is 4.15. The molecule has 0 spiro atoms. The average Bonchev–Trinajstić information content (AvgIpc) is 2.16. The van der Waals surface area contributed by atoms with Crippen LogP contribution < -0.4 is 0 Å². The molecule has 0 fully saturated rings. The third kappa shape index (κ3) is 1.49. The van der Waals surface area contributed by atoms with Crippen molar-refractivity contribution in [2.24, 2.45) is 4.99 Å². The first kappa shape index (κ1) is 8.80. The smallest absolute Gasteiger partial charge is 0.218 e. The Hall–Kier alpha value is -0.290. The van der Waals surface area contributed by atoms with Crippen molar-refractivity contribution in [1.82, 2.24) is 0 Å². The first-order valence-electron chi connectivity index (χ1n) is 3.06. The number of thioether (sulfide) groups is 1. The molecule has 1 rings (SSSR count). The Morgan fingerprint density at radius 3 is 2.64 bits per heavy atom. The van der Waals surface area contributed by atoms with Crippen LogP contribution in [0.25, 0.3) is 0 Å². The van der Waals surface area contributed by atoms with Gasteiger partial charge in [-0.05, 0) is 13.2 Å². The molecule has 0 unspecified atom stereocenters. The summed E-state index contributed by atoms with van der Waals surface area (Å²) in [5.41, 5.74) is 0. The molecule has 0 aromatic rings. The van der Waals surface area contributed by atoms with Crippen molar-refractivity contribution in [1.29, 1.82) is 0 Å². The van der Waals surface area contributed by atoms with E-state index >= 15 is 0 Å². The molecular formula is C6H9NO2S2. The van der Waals surface area contributed by atoms with Gasteiger partial charge in [0.15, 0.2) is 0 Å². The van der Waals surface area contributed by atoms with Gasteiger partial charge in [-0.2, -0.15) is 11.8 Å². The van der Waals surface area contributed by atoms with E-state index in [2.05, 4.69) is 4.99 Å². The molecule has 0 bridgehead atoms. The van der Waals surface area contributed by atoms with Gasteiger partial charge in [0.1, 0.15) is 5.04 Å². The molecule has 1 aliphatic rings. The van der Waals surface area contributed by atoms with Crippen LogP contribution in [0.2, 0.25) is 0 Å². The van der Waals surface area contributed by atoms with Gasteiger partial charge >= 0.3 is 0 Å². The lowest BCUT2D eigenvalue weighted by molar-refractivity contribution is 0.613. The number of aliphatic imine (C=N–C) groups is 1. The van der Waals surface area contributed by atoms with Gasteiger partial charge in [0.2, 0.25) is 9.84 Å². The summed E-state index contributed by atoms with van der Waals surface area (Å²) in [5.74, 6) is 0.468. The molecule has 1 heterocycles. The SMILES string of the molecule is CSCC1=NC=C(C)S1(=O)=O. The maximum Gasteiger partial charge on any atom is 0.218 e. The highest BCUT2D eigenvalue weighted by atomic mass is 32.2. The van der Waals surface area contributed by atoms with Crippen LogP contribution in [0.4, 0.5) is 0 Å². The Kier molecular flexibility index (Phi) is 2.39. The van der Waals surface area contributed by atoms with Gasteiger partial charge in [-0.1, -0.05) is 0 Å². The van der Waals surface area contributed by atoms with Gasteiger partial charge in [0.05, 0.1) is 4.91 Å². The van der Waals surface area contributed by atoms with E-state index in [1.165, 1.54) is 18.0 Å². The molecule has 5 heteroatoms. The van der Waals surface area contributed by atoms with E-state index in [9.17, 15) is 8.42 Å². The second-order valence-corrected chi connectivity index (χ2v) is 5.19. The summed E-state index contributed by atoms with van der Waals surface area (Å²) in [6.07, 6.45) is 3.26. The maximum absolute atomic E-state index is 11.3. The zero-order valence-corrected chi connectivity index (χ0v) is 8.00. The van der Waals surface area contributed by atoms with E-state index in [1.54, 1.807) is 6.92 Å². The average molecular weight is 191 g/mol. The Morgan fingerprint density at radius 2 is 2.27 bits per heavy atom. The molecule has 62 valence electrons. The molecule has 1 aliphatic heterocycles. The topological polar surface area (TPSA) is 46.5 Å². The molecule has 0 saturated heterocycles. The predicted octanol–water partition coefficient (Wildman–Crippen LogP) is 1.04. The monoisotopic (exact) mass is 191 g/mol. The largest absolute Gasteiger partial charge is 0.247 e. The van der Waals surface area contributed by atoms with Gasteiger partial charge in [0, 0.05) is 12.0 Å². The number of hydrogen-bond donors (Lipinski definition) is 0. The highest BCUT2D eigenvalue weighted by molar-refractivity contribution is 8.12. The Balaban J connectivity index is 2.93. The van der Waals surface area contributed by atoms with Gasteiger partial charge in [-0.3, -0.25) is 0 Å². The van der Waals surface area contributed by atoms with Crippen LogP contribution in [0.3, 0.4) is 0 Å². The molecule has 11 heavy (non-hydrogen) atoms. The Morgan fingerprint density at radius 1 is 1.64 bits per heavy atom. The van der Waals surface area contributed by atoms with Crippen molar-refractivity contribution >= 4 is 26.6 Å². The van der Waals surface area contributed by atoms with Crippen LogP contribution >= 0.6 is 11.8 Å². The maximum atomic E-state index is 11.3. The van der Waals surface area contributed by atoms with Crippen LogP contribution in [-0.4, -0.2) is 25.5 Å². The van der Waals surface area contributed by atoms with Gasteiger partial charge in [-0.15, -0.1) is 0 Å². The zero-order valence-electron chi connectivity index (χ0n) is 6.36. The Labute approximate surface area is 70.5 Å². The standard InChI is InChI=1S/C6H9NO2S2/c1-5-3-7-6(4-10-2)11(5,8)9/h3H,4H2,1-2H3. The fourth-order valence-corrected chi connectivity index (χ4v) is 2.78. The molecular weight excluding hydrogens is 182 g/mol. The molecule has 0 saturated carbocycles. The second-order valence-electron chi connectivity index (χ2n) is 2.20. The lowest BCUT2D eigenvalue weighted by atomic mass is 10.7. The molecule has 0 N–H and O–H groups in total. The molecule has 0 aliphatic carbocycles. The predicted molar refractivity (Wildman–Crippen MR) is 48.5 cm³/mol. The Bertz CT molecular complexity index is 313. The summed E-state index contributed by atoms with van der Waals surface area (Å²) in [6.45, 7) is 1.56. The van der Waals surface area contributed by atoms with Crippen molar-refractivity contribution in [2.75, 3.05) is 12.0 Å². The third-order valence-corrected chi connectivity index (χ3v) is 3.96. The van der Waals surface area contributed by atoms with Crippen LogP contribution in [-0.2, 0) is 9.84 Å². The number of hydrogen-bond acceptors (Lipinski definition) is 4. The van der Waals surface area contributed by atoms with Crippen molar-refractivity contribution in [3.63, 3.8) is 0 Å². The van der Waals surface area contributed by atoms with Gasteiger partial charge in [-0.25, -0.2) is 13.4 Å². The fraction of sp³-hybridized carbons (Fsp3) is 0.500. The van der Waals surface area contributed by atoms with Crippen LogP contribution in [0, 0.1) is 0 Å². The minimum atomic E-state index is -3.14. The van der Waals surface area contributed by atoms with Crippen LogP contribution in [0.15, 0.2) is 16.1 Å². The van der Waals surface area contributed by atoms with Gasteiger partial charge in [0.25, 0.3) is 0 Å². The summed E-state index contributed by atoms with van der Waals surface area (Å²) in [5, 5.41) is 0.280. The summed E-state index contributed by atoms with van der Waals surface area (Å²) in [7, 11) is -3.14. The number of allylic oxidation sites excluding steroid dienone is 1. The van der Waals surface area contributed by atoms with E-state index in [4.69, 9.17) is 0 Å². The highest BCUT2D eigenvalue weighted by Gasteiger charge is 2.25. The van der Waals surface area contributed by atoms with Crippen molar-refractivity contribution in [2.45, 2.75) is 6.92 Å². The third-order valence-electron chi connectivity index (χ3n) is 1.39. The second kappa shape index (κ2) is 2.98. The van der Waals surface area contributed by atoms with E-state index in [0.29, 0.717) is 10.7 Å². The summed E-state index contributed by atoms with van der Waals surface area (Å²) in [6, 6.07) is 0. The molecule has 0 aromatic carbocycles. The molecule has 0 amide bonds. The van der Waals surface area contributed by atoms with Crippen molar-refractivity contribution in [3.05, 3.63) is 11.1 Å². The summed E-state index contributed by atoms with van der Waals surface area (Å²) >= 11 is 1.46. The normalized spacial score (nSPS) is 21.3. The zero-order chi connectivity index (χ0) is 8.48. The first-order chi connectivity index (χ1) is 5.09. The van der Waals surface area contributed by atoms with E-state index < -0.39 is 9.84 Å². The van der Waals surface area contributed by atoms with E-state index in [-0.39, 0.29) is 5.04 Å². The molecule has 3 nitrogen and oxygen atoms in total. The number of rotatable bonds is 2. The lowest BCUT2D eigenvalue weighted by Gasteiger charge is -1.97. The van der Waals surface area contributed by atoms with Crippen molar-refractivity contribution in [3.8, 4) is 0 Å². The number of sulfone groups is 1. The van der Waals surface area contributed by atoms with Crippen LogP contribution in [0.5, 0.6) is 0 Å². The highest BCUT2D eigenvalue weighted by Crippen LogP contribution is 2.17. The molecule has 0 atom stereocenters. The minimum absolute atomic E-state index is 0.280. The lowest BCUT2D eigenvalue weighted by Crippen LogP contribution is -2.13. The quantitative estimate of drug-likeness (QED) is 0.655. The molecule has 0 radical (unpaired) electrons. The van der Waals surface area contributed by atoms with Gasteiger partial charge < -0.3 is 0 Å². The van der Waals surface area contributed by atoms with Crippen LogP contribution in [0.1, 0.15) is 6.92 Å².